The van der Waals surface area contributed by atoms with Crippen LogP contribution < -0.4 is 0 Å². The molecule has 15 heavy (non-hydrogen) atoms. The van der Waals surface area contributed by atoms with Crippen LogP contribution >= 0.6 is 0 Å². The van der Waals surface area contributed by atoms with E-state index in [-0.39, 0.29) is 53.8 Å². The first-order valence-electron chi connectivity index (χ1n) is 4.23. The quantitative estimate of drug-likeness (QED) is 0.709. The summed E-state index contributed by atoms with van der Waals surface area (Å²) in [5, 5.41) is 12.8. The molecule has 0 saturated heterocycles. The Bertz CT molecular complexity index is 346. The van der Waals surface area contributed by atoms with E-state index in [1.54, 1.807) is 0 Å². The standard InChI is InChI=1S/C10H10NO2.W.Y/c12-10(13)9-5-7-3-1-2-4-8(7)6-11-9;;/h1-4,9H,5-6H2,(H,12,13);;/q-1;;. The van der Waals surface area contributed by atoms with Crippen LogP contribution in [0, 0.1) is 0 Å². The van der Waals surface area contributed by atoms with Gasteiger partial charge in [0.2, 0.25) is 0 Å². The molecule has 2 rings (SSSR count). The summed E-state index contributed by atoms with van der Waals surface area (Å²) in [5.41, 5.74) is 2.27. The number of hydrogen-bond donors (Lipinski definition) is 1. The fourth-order valence-electron chi connectivity index (χ4n) is 1.56. The summed E-state index contributed by atoms with van der Waals surface area (Å²) in [7, 11) is 0. The monoisotopic (exact) mass is 449 g/mol. The first kappa shape index (κ1) is 15.4. The molecule has 0 bridgehead atoms. The molecule has 1 aliphatic heterocycles. The average Bonchev–Trinajstić information content (AvgIpc) is 2.17. The molecule has 0 amide bonds. The molecular formula is C10H10NO2WY-. The van der Waals surface area contributed by atoms with Crippen molar-refractivity contribution in [1.29, 1.82) is 0 Å². The summed E-state index contributed by atoms with van der Waals surface area (Å²) in [6, 6.07) is 7.31. The van der Waals surface area contributed by atoms with E-state index in [2.05, 4.69) is 5.32 Å². The molecule has 1 aromatic rings. The largest absolute Gasteiger partial charge is 0.646 e. The van der Waals surface area contributed by atoms with Crippen molar-refractivity contribution in [3.8, 4) is 0 Å². The molecule has 1 radical (unpaired) electrons. The molecule has 1 N–H and O–H groups in total. The molecule has 77 valence electrons. The van der Waals surface area contributed by atoms with E-state index in [0.29, 0.717) is 13.0 Å². The Hall–Kier alpha value is 0.442. The zero-order chi connectivity index (χ0) is 9.26. The molecule has 3 nitrogen and oxygen atoms in total. The van der Waals surface area contributed by atoms with E-state index in [4.69, 9.17) is 5.11 Å². The van der Waals surface area contributed by atoms with Crippen molar-refractivity contribution in [3.63, 3.8) is 0 Å². The van der Waals surface area contributed by atoms with Crippen LogP contribution in [0.3, 0.4) is 0 Å². The third-order valence-corrected chi connectivity index (χ3v) is 2.30. The molecule has 1 atom stereocenters. The van der Waals surface area contributed by atoms with Crippen LogP contribution in [0.1, 0.15) is 11.1 Å². The zero-order valence-corrected chi connectivity index (χ0v) is 13.9. The Morgan fingerprint density at radius 1 is 1.33 bits per heavy atom. The van der Waals surface area contributed by atoms with Crippen molar-refractivity contribution in [3.05, 3.63) is 40.7 Å². The average molecular weight is 449 g/mol. The molecule has 1 aliphatic rings. The van der Waals surface area contributed by atoms with Crippen molar-refractivity contribution >= 4 is 5.97 Å². The minimum atomic E-state index is -0.825. The summed E-state index contributed by atoms with van der Waals surface area (Å²) >= 11 is 0. The maximum Gasteiger partial charge on any atom is 0.285 e. The van der Waals surface area contributed by atoms with Gasteiger partial charge in [-0.1, -0.05) is 29.8 Å². The number of benzene rings is 1. The molecule has 0 aliphatic carbocycles. The summed E-state index contributed by atoms with van der Waals surface area (Å²) < 4.78 is 0. The predicted octanol–water partition coefficient (Wildman–Crippen LogP) is 1.56. The number of carboxylic acids is 1. The van der Waals surface area contributed by atoms with Crippen molar-refractivity contribution < 1.29 is 63.7 Å². The number of hydrogen-bond acceptors (Lipinski definition) is 1. The van der Waals surface area contributed by atoms with Gasteiger partial charge in [-0.25, -0.2) is 0 Å². The van der Waals surface area contributed by atoms with E-state index in [1.807, 2.05) is 24.3 Å². The second-order valence-electron chi connectivity index (χ2n) is 3.17. The van der Waals surface area contributed by atoms with E-state index in [0.717, 1.165) is 11.1 Å². The van der Waals surface area contributed by atoms with Gasteiger partial charge >= 0.3 is 0 Å². The van der Waals surface area contributed by atoms with Crippen molar-refractivity contribution in [2.75, 3.05) is 0 Å². The number of nitrogens with zero attached hydrogens (tertiary/aromatic N) is 1. The number of carbonyl (C=O) groups is 1. The van der Waals surface area contributed by atoms with Crippen LogP contribution in [-0.4, -0.2) is 17.1 Å². The third kappa shape index (κ3) is 3.74. The Balaban J connectivity index is 0.000000980. The van der Waals surface area contributed by atoms with Gasteiger partial charge in [0, 0.05) is 53.8 Å². The Labute approximate surface area is 128 Å². The van der Waals surface area contributed by atoms with E-state index < -0.39 is 12.0 Å². The van der Waals surface area contributed by atoms with E-state index in [9.17, 15) is 4.79 Å². The summed E-state index contributed by atoms with van der Waals surface area (Å²) in [6.07, 6.45) is 0.533. The Kier molecular flexibility index (Phi) is 7.11. The first-order valence-corrected chi connectivity index (χ1v) is 4.23. The number of rotatable bonds is 1. The fourth-order valence-corrected chi connectivity index (χ4v) is 1.56. The molecule has 0 aromatic heterocycles. The topological polar surface area (TPSA) is 51.4 Å². The SMILES string of the molecule is O=C(O)C1Cc2ccccc2C[N-]1.[W].[Y]. The molecule has 5 heteroatoms. The smallest absolute Gasteiger partial charge is 0.285 e. The van der Waals surface area contributed by atoms with E-state index in [1.165, 1.54) is 0 Å². The van der Waals surface area contributed by atoms with Crippen LogP contribution in [0.25, 0.3) is 5.32 Å². The predicted molar refractivity (Wildman–Crippen MR) is 48.6 cm³/mol. The van der Waals surface area contributed by atoms with Crippen LogP contribution in [0.2, 0.25) is 0 Å². The van der Waals surface area contributed by atoms with Crippen LogP contribution in [0.5, 0.6) is 0 Å². The Morgan fingerprint density at radius 3 is 2.53 bits per heavy atom. The molecule has 0 fully saturated rings. The maximum absolute atomic E-state index is 10.7. The molecule has 1 heterocycles. The fraction of sp³-hybridized carbons (Fsp3) is 0.300. The van der Waals surface area contributed by atoms with Gasteiger partial charge in [-0.3, -0.25) is 4.79 Å². The van der Waals surface area contributed by atoms with Crippen LogP contribution in [-0.2, 0) is 71.5 Å². The maximum atomic E-state index is 10.7. The molecule has 1 aromatic carbocycles. The first-order chi connectivity index (χ1) is 6.27. The summed E-state index contributed by atoms with van der Waals surface area (Å²) in [5.74, 6) is -0.825. The van der Waals surface area contributed by atoms with Gasteiger partial charge in [0.25, 0.3) is 5.97 Å². The zero-order valence-electron chi connectivity index (χ0n) is 8.09. The minimum Gasteiger partial charge on any atom is -0.646 e. The third-order valence-electron chi connectivity index (χ3n) is 2.30. The number of aliphatic carboxylic acids is 1. The van der Waals surface area contributed by atoms with Gasteiger partial charge in [0.1, 0.15) is 0 Å². The second-order valence-corrected chi connectivity index (χ2v) is 3.17. The second kappa shape index (κ2) is 6.90. The van der Waals surface area contributed by atoms with E-state index >= 15 is 0 Å². The van der Waals surface area contributed by atoms with Crippen molar-refractivity contribution in [2.24, 2.45) is 0 Å². The van der Waals surface area contributed by atoms with Crippen molar-refractivity contribution in [1.82, 2.24) is 0 Å². The van der Waals surface area contributed by atoms with Crippen molar-refractivity contribution in [2.45, 2.75) is 19.0 Å². The van der Waals surface area contributed by atoms with Gasteiger partial charge in [0.15, 0.2) is 0 Å². The Morgan fingerprint density at radius 2 is 1.93 bits per heavy atom. The van der Waals surface area contributed by atoms with Crippen LogP contribution in [0.4, 0.5) is 0 Å². The van der Waals surface area contributed by atoms with Crippen LogP contribution in [0.15, 0.2) is 24.3 Å². The summed E-state index contributed by atoms with van der Waals surface area (Å²) in [6.45, 7) is 0.535. The number of fused-ring (bicyclic) bond motifs is 1. The molecule has 0 saturated carbocycles. The normalized spacial score (nSPS) is 18.0. The molecule has 0 spiro atoms. The van der Waals surface area contributed by atoms with Gasteiger partial charge in [-0.05, 0) is 18.0 Å². The van der Waals surface area contributed by atoms with Gasteiger partial charge < -0.3 is 10.4 Å². The van der Waals surface area contributed by atoms with Gasteiger partial charge in [-0.2, -0.15) is 0 Å². The van der Waals surface area contributed by atoms with Gasteiger partial charge in [0.05, 0.1) is 0 Å². The number of carboxylic acid groups (broad SMARTS) is 1. The minimum absolute atomic E-state index is 0. The summed E-state index contributed by atoms with van der Waals surface area (Å²) in [4.78, 5) is 10.7. The molecular weight excluding hydrogens is 439 g/mol. The van der Waals surface area contributed by atoms with Gasteiger partial charge in [-0.15, -0.1) is 6.54 Å². The molecule has 1 unspecified atom stereocenters.